The topological polar surface area (TPSA) is 54.4 Å². The standard InChI is InChI=1S/C11H12Cl2O3S/c1-7(5-11(14)15)17(16)6-8-9(12)3-2-4-10(8)13/h2-4,7H,5-6H2,1H3,(H,14,15). The van der Waals surface area contributed by atoms with E-state index in [4.69, 9.17) is 28.3 Å². The minimum Gasteiger partial charge on any atom is -0.481 e. The molecule has 0 fully saturated rings. The van der Waals surface area contributed by atoms with Gasteiger partial charge in [0.2, 0.25) is 0 Å². The molecule has 1 aromatic carbocycles. The van der Waals surface area contributed by atoms with E-state index in [0.29, 0.717) is 15.6 Å². The quantitative estimate of drug-likeness (QED) is 0.908. The molecule has 3 nitrogen and oxygen atoms in total. The van der Waals surface area contributed by atoms with Crippen LogP contribution in [0.5, 0.6) is 0 Å². The summed E-state index contributed by atoms with van der Waals surface area (Å²) in [4.78, 5) is 10.5. The van der Waals surface area contributed by atoms with Gasteiger partial charge in [-0.15, -0.1) is 0 Å². The lowest BCUT2D eigenvalue weighted by Gasteiger charge is -2.11. The molecule has 0 heterocycles. The number of carboxylic acids is 1. The van der Waals surface area contributed by atoms with Gasteiger partial charge in [0.05, 0.1) is 12.2 Å². The Morgan fingerprint density at radius 3 is 2.41 bits per heavy atom. The Morgan fingerprint density at radius 1 is 1.41 bits per heavy atom. The van der Waals surface area contributed by atoms with Gasteiger partial charge in [0.1, 0.15) is 0 Å². The summed E-state index contributed by atoms with van der Waals surface area (Å²) < 4.78 is 11.9. The predicted octanol–water partition coefficient (Wildman–Crippen LogP) is 3.11. The highest BCUT2D eigenvalue weighted by Crippen LogP contribution is 2.26. The molecule has 2 atom stereocenters. The average Bonchev–Trinajstić information content (AvgIpc) is 2.22. The van der Waals surface area contributed by atoms with Crippen molar-refractivity contribution in [3.05, 3.63) is 33.8 Å². The summed E-state index contributed by atoms with van der Waals surface area (Å²) in [6.45, 7) is 1.63. The van der Waals surface area contributed by atoms with E-state index in [0.717, 1.165) is 0 Å². The van der Waals surface area contributed by atoms with E-state index in [1.807, 2.05) is 0 Å². The largest absolute Gasteiger partial charge is 0.481 e. The number of rotatable bonds is 5. The Hall–Kier alpha value is -0.580. The van der Waals surface area contributed by atoms with Crippen molar-refractivity contribution in [1.29, 1.82) is 0 Å². The van der Waals surface area contributed by atoms with Gasteiger partial charge >= 0.3 is 5.97 Å². The fourth-order valence-electron chi connectivity index (χ4n) is 1.29. The molecule has 0 saturated carbocycles. The molecule has 17 heavy (non-hydrogen) atoms. The smallest absolute Gasteiger partial charge is 0.304 e. The van der Waals surface area contributed by atoms with Crippen LogP contribution >= 0.6 is 23.2 Å². The van der Waals surface area contributed by atoms with Gasteiger partial charge in [-0.2, -0.15) is 0 Å². The summed E-state index contributed by atoms with van der Waals surface area (Å²) in [5, 5.41) is 9.10. The Labute approximate surface area is 112 Å². The number of aliphatic carboxylic acids is 1. The van der Waals surface area contributed by atoms with Crippen LogP contribution in [0.4, 0.5) is 0 Å². The van der Waals surface area contributed by atoms with Gasteiger partial charge in [-0.05, 0) is 12.1 Å². The summed E-state index contributed by atoms with van der Waals surface area (Å²) >= 11 is 11.9. The monoisotopic (exact) mass is 294 g/mol. The van der Waals surface area contributed by atoms with Crippen LogP contribution in [0.1, 0.15) is 18.9 Å². The van der Waals surface area contributed by atoms with Crippen molar-refractivity contribution in [2.24, 2.45) is 0 Å². The molecule has 0 aromatic heterocycles. The molecule has 0 aliphatic rings. The fourth-order valence-corrected chi connectivity index (χ4v) is 3.19. The molecule has 1 aromatic rings. The minimum absolute atomic E-state index is 0.130. The molecule has 0 amide bonds. The maximum absolute atomic E-state index is 11.9. The molecule has 1 N–H and O–H groups in total. The highest BCUT2D eigenvalue weighted by molar-refractivity contribution is 7.84. The average molecular weight is 295 g/mol. The van der Waals surface area contributed by atoms with Crippen molar-refractivity contribution in [3.8, 4) is 0 Å². The van der Waals surface area contributed by atoms with Crippen LogP contribution in [0.25, 0.3) is 0 Å². The van der Waals surface area contributed by atoms with Crippen LogP contribution in [-0.2, 0) is 21.3 Å². The summed E-state index contributed by atoms with van der Waals surface area (Å²) in [6.07, 6.45) is -0.130. The third-order valence-corrected chi connectivity index (χ3v) is 4.60. The van der Waals surface area contributed by atoms with E-state index >= 15 is 0 Å². The van der Waals surface area contributed by atoms with E-state index in [-0.39, 0.29) is 12.2 Å². The van der Waals surface area contributed by atoms with Crippen LogP contribution in [0.15, 0.2) is 18.2 Å². The maximum atomic E-state index is 11.9. The molecule has 0 bridgehead atoms. The lowest BCUT2D eigenvalue weighted by molar-refractivity contribution is -0.136. The van der Waals surface area contributed by atoms with Crippen molar-refractivity contribution in [2.45, 2.75) is 24.3 Å². The first-order valence-electron chi connectivity index (χ1n) is 4.93. The van der Waals surface area contributed by atoms with Crippen LogP contribution in [0.2, 0.25) is 10.0 Å². The number of benzene rings is 1. The van der Waals surface area contributed by atoms with E-state index in [1.54, 1.807) is 25.1 Å². The van der Waals surface area contributed by atoms with Crippen molar-refractivity contribution in [3.63, 3.8) is 0 Å². The third-order valence-electron chi connectivity index (χ3n) is 2.26. The first-order valence-corrected chi connectivity index (χ1v) is 7.07. The lowest BCUT2D eigenvalue weighted by Crippen LogP contribution is -2.17. The second kappa shape index (κ2) is 6.38. The van der Waals surface area contributed by atoms with Crippen LogP contribution < -0.4 is 0 Å². The second-order valence-corrected chi connectivity index (χ2v) is 6.30. The van der Waals surface area contributed by atoms with Crippen molar-refractivity contribution >= 4 is 40.0 Å². The molecule has 0 radical (unpaired) electrons. The zero-order valence-corrected chi connectivity index (χ0v) is 11.5. The Bertz CT molecular complexity index is 428. The van der Waals surface area contributed by atoms with Gasteiger partial charge in [0.25, 0.3) is 0 Å². The van der Waals surface area contributed by atoms with Crippen LogP contribution in [0, 0.1) is 0 Å². The first kappa shape index (κ1) is 14.5. The number of hydrogen-bond acceptors (Lipinski definition) is 2. The highest BCUT2D eigenvalue weighted by Gasteiger charge is 2.17. The van der Waals surface area contributed by atoms with E-state index < -0.39 is 22.0 Å². The van der Waals surface area contributed by atoms with Gasteiger partial charge in [-0.25, -0.2) is 0 Å². The second-order valence-electron chi connectivity index (χ2n) is 3.63. The van der Waals surface area contributed by atoms with Gasteiger partial charge < -0.3 is 5.11 Å². The lowest BCUT2D eigenvalue weighted by atomic mass is 10.2. The maximum Gasteiger partial charge on any atom is 0.304 e. The minimum atomic E-state index is -1.31. The zero-order valence-electron chi connectivity index (χ0n) is 9.15. The predicted molar refractivity (Wildman–Crippen MR) is 70.0 cm³/mol. The van der Waals surface area contributed by atoms with E-state index in [2.05, 4.69) is 0 Å². The Kier molecular flexibility index (Phi) is 5.43. The first-order chi connectivity index (χ1) is 7.91. The molecule has 2 unspecified atom stereocenters. The Morgan fingerprint density at radius 2 is 1.94 bits per heavy atom. The van der Waals surface area contributed by atoms with Crippen LogP contribution in [0.3, 0.4) is 0 Å². The van der Waals surface area contributed by atoms with Gasteiger partial charge in [-0.1, -0.05) is 36.2 Å². The summed E-state index contributed by atoms with van der Waals surface area (Å²) in [5.74, 6) is -0.788. The molecular weight excluding hydrogens is 283 g/mol. The zero-order chi connectivity index (χ0) is 13.0. The molecule has 6 heteroatoms. The highest BCUT2D eigenvalue weighted by atomic mass is 35.5. The van der Waals surface area contributed by atoms with Crippen molar-refractivity contribution < 1.29 is 14.1 Å². The summed E-state index contributed by atoms with van der Waals surface area (Å²) in [5.41, 5.74) is 0.603. The van der Waals surface area contributed by atoms with Crippen molar-refractivity contribution in [1.82, 2.24) is 0 Å². The molecule has 0 aliphatic carbocycles. The van der Waals surface area contributed by atoms with Gasteiger partial charge in [0.15, 0.2) is 0 Å². The van der Waals surface area contributed by atoms with E-state index in [9.17, 15) is 9.00 Å². The molecule has 0 aliphatic heterocycles. The normalized spacial score (nSPS) is 14.3. The number of carbonyl (C=O) groups is 1. The summed E-state index contributed by atoms with van der Waals surface area (Å²) in [6, 6.07) is 5.04. The fraction of sp³-hybridized carbons (Fsp3) is 0.364. The molecule has 0 saturated heterocycles. The van der Waals surface area contributed by atoms with E-state index in [1.165, 1.54) is 0 Å². The third kappa shape index (κ3) is 4.30. The number of carboxylic acid groups (broad SMARTS) is 1. The number of halogens is 2. The SMILES string of the molecule is CC(CC(=O)O)S(=O)Cc1c(Cl)cccc1Cl. The molecule has 1 rings (SSSR count). The number of hydrogen-bond donors (Lipinski definition) is 1. The molecule has 94 valence electrons. The van der Waals surface area contributed by atoms with Gasteiger partial charge in [0, 0.05) is 31.7 Å². The summed E-state index contributed by atoms with van der Waals surface area (Å²) in [7, 11) is -1.31. The molecule has 0 spiro atoms. The van der Waals surface area contributed by atoms with Gasteiger partial charge in [-0.3, -0.25) is 9.00 Å². The Balaban J connectivity index is 2.78. The molecular formula is C11H12Cl2O3S. The van der Waals surface area contributed by atoms with Crippen LogP contribution in [-0.4, -0.2) is 20.5 Å². The van der Waals surface area contributed by atoms with Crippen molar-refractivity contribution in [2.75, 3.05) is 0 Å².